The number of benzene rings is 1. The van der Waals surface area contributed by atoms with Crippen molar-refractivity contribution in [3.8, 4) is 0 Å². The number of nitrogens with zero attached hydrogens (tertiary/aromatic N) is 1. The molecule has 0 spiro atoms. The van der Waals surface area contributed by atoms with Crippen LogP contribution in [-0.4, -0.2) is 47.4 Å². The highest BCUT2D eigenvalue weighted by Crippen LogP contribution is 2.12. The first kappa shape index (κ1) is 19.1. The highest BCUT2D eigenvalue weighted by atomic mass is 16.4. The minimum Gasteiger partial charge on any atom is -0.480 e. The molecular formula is C15H21N5O4. The molecule has 9 nitrogen and oxygen atoms in total. The molecule has 1 aromatic rings. The molecule has 130 valence electrons. The van der Waals surface area contributed by atoms with Crippen molar-refractivity contribution in [2.75, 3.05) is 13.1 Å². The van der Waals surface area contributed by atoms with Crippen molar-refractivity contribution in [1.82, 2.24) is 5.32 Å². The number of Topliss-reactive ketones (excluding diaryl/α,β-unsaturated/α-hetero) is 1. The molecule has 8 N–H and O–H groups in total. The lowest BCUT2D eigenvalue weighted by molar-refractivity contribution is -0.148. The fourth-order valence-corrected chi connectivity index (χ4v) is 1.94. The second-order valence-electron chi connectivity index (χ2n) is 5.16. The second kappa shape index (κ2) is 8.63. The monoisotopic (exact) mass is 335 g/mol. The molecular weight excluding hydrogens is 314 g/mol. The molecule has 0 bridgehead atoms. The van der Waals surface area contributed by atoms with Crippen molar-refractivity contribution in [1.29, 1.82) is 0 Å². The number of nitrogens with two attached hydrogens (primary N) is 3. The number of aliphatic carboxylic acids is 1. The van der Waals surface area contributed by atoms with Crippen LogP contribution in [0.3, 0.4) is 0 Å². The van der Waals surface area contributed by atoms with Gasteiger partial charge in [0, 0.05) is 12.1 Å². The molecule has 1 amide bonds. The van der Waals surface area contributed by atoms with Gasteiger partial charge in [-0.05, 0) is 25.0 Å². The third-order valence-electron chi connectivity index (χ3n) is 3.35. The van der Waals surface area contributed by atoms with Crippen LogP contribution in [0.25, 0.3) is 0 Å². The molecule has 24 heavy (non-hydrogen) atoms. The fourth-order valence-electron chi connectivity index (χ4n) is 1.94. The van der Waals surface area contributed by atoms with Crippen LogP contribution in [0, 0.1) is 0 Å². The van der Waals surface area contributed by atoms with Crippen LogP contribution in [0.4, 0.5) is 0 Å². The maximum Gasteiger partial charge on any atom is 0.331 e. The van der Waals surface area contributed by atoms with E-state index in [0.29, 0.717) is 5.56 Å². The highest BCUT2D eigenvalue weighted by molar-refractivity contribution is 6.09. The number of guanidine groups is 1. The van der Waals surface area contributed by atoms with E-state index < -0.39 is 29.7 Å². The summed E-state index contributed by atoms with van der Waals surface area (Å²) >= 11 is 0. The van der Waals surface area contributed by atoms with E-state index in [0.717, 1.165) is 0 Å². The largest absolute Gasteiger partial charge is 0.480 e. The first-order chi connectivity index (χ1) is 11.3. The normalized spacial score (nSPS) is 12.7. The fraction of sp³-hybridized carbons (Fsp3) is 0.333. The van der Waals surface area contributed by atoms with E-state index in [9.17, 15) is 19.5 Å². The Balaban J connectivity index is 2.64. The second-order valence-corrected chi connectivity index (χ2v) is 5.16. The van der Waals surface area contributed by atoms with E-state index in [1.807, 2.05) is 0 Å². The Bertz CT molecular complexity index is 628. The summed E-state index contributed by atoms with van der Waals surface area (Å²) in [6, 6.07) is 8.23. The van der Waals surface area contributed by atoms with E-state index in [4.69, 9.17) is 17.2 Å². The average Bonchev–Trinajstić information content (AvgIpc) is 2.56. The molecule has 1 rings (SSSR count). The number of amides is 1. The molecule has 9 heteroatoms. The number of carboxylic acid groups (broad SMARTS) is 1. The summed E-state index contributed by atoms with van der Waals surface area (Å²) in [6.45, 7) is -0.336. The van der Waals surface area contributed by atoms with Crippen LogP contribution in [0.15, 0.2) is 35.3 Å². The zero-order valence-electron chi connectivity index (χ0n) is 13.1. The Hall–Kier alpha value is -2.94. The van der Waals surface area contributed by atoms with Crippen molar-refractivity contribution < 1.29 is 19.5 Å². The summed E-state index contributed by atoms with van der Waals surface area (Å²) in [6.07, 6.45) is 0.0538. The Kier molecular flexibility index (Phi) is 6.87. The molecule has 1 atom stereocenters. The van der Waals surface area contributed by atoms with Gasteiger partial charge < -0.3 is 27.6 Å². The van der Waals surface area contributed by atoms with E-state index in [1.165, 1.54) is 0 Å². The Labute approximate surface area is 138 Å². The van der Waals surface area contributed by atoms with Crippen molar-refractivity contribution in [2.45, 2.75) is 18.4 Å². The lowest BCUT2D eigenvalue weighted by Crippen LogP contribution is -2.58. The quantitative estimate of drug-likeness (QED) is 0.163. The summed E-state index contributed by atoms with van der Waals surface area (Å²) in [7, 11) is 0. The van der Waals surface area contributed by atoms with Crippen molar-refractivity contribution in [2.24, 2.45) is 22.2 Å². The van der Waals surface area contributed by atoms with E-state index in [2.05, 4.69) is 10.3 Å². The molecule has 0 aliphatic carbocycles. The Morgan fingerprint density at radius 2 is 1.79 bits per heavy atom. The van der Waals surface area contributed by atoms with Gasteiger partial charge in [-0.1, -0.05) is 18.2 Å². The molecule has 0 fully saturated rings. The molecule has 0 saturated carbocycles. The number of ketones is 1. The number of rotatable bonds is 9. The third kappa shape index (κ3) is 5.36. The number of carbonyl (C=O) groups excluding carboxylic acids is 2. The topological polar surface area (TPSA) is 174 Å². The summed E-state index contributed by atoms with van der Waals surface area (Å²) in [5, 5.41) is 11.6. The SMILES string of the molecule is NC(N)=NCCC[C@](N)(C(=O)O)C(=O)CNC(=O)c1ccccc1. The van der Waals surface area contributed by atoms with Crippen LogP contribution < -0.4 is 22.5 Å². The number of carboxylic acids is 1. The third-order valence-corrected chi connectivity index (χ3v) is 3.35. The smallest absolute Gasteiger partial charge is 0.331 e. The highest BCUT2D eigenvalue weighted by Gasteiger charge is 2.41. The first-order valence-electron chi connectivity index (χ1n) is 7.21. The van der Waals surface area contributed by atoms with Crippen molar-refractivity contribution >= 4 is 23.6 Å². The molecule has 0 aromatic heterocycles. The van der Waals surface area contributed by atoms with E-state index >= 15 is 0 Å². The molecule has 0 aliphatic heterocycles. The molecule has 0 radical (unpaired) electrons. The van der Waals surface area contributed by atoms with Gasteiger partial charge in [-0.2, -0.15) is 0 Å². The van der Waals surface area contributed by atoms with E-state index in [1.54, 1.807) is 30.3 Å². The minimum absolute atomic E-state index is 0.130. The minimum atomic E-state index is -2.11. The average molecular weight is 335 g/mol. The summed E-state index contributed by atoms with van der Waals surface area (Å²) in [5.74, 6) is -2.89. The number of carbonyl (C=O) groups is 3. The molecule has 0 unspecified atom stereocenters. The van der Waals surface area contributed by atoms with Gasteiger partial charge in [0.2, 0.25) is 0 Å². The Morgan fingerprint density at radius 3 is 2.33 bits per heavy atom. The lowest BCUT2D eigenvalue weighted by atomic mass is 9.89. The van der Waals surface area contributed by atoms with Gasteiger partial charge in [-0.25, -0.2) is 4.79 Å². The number of hydrogen-bond acceptors (Lipinski definition) is 5. The predicted octanol–water partition coefficient (Wildman–Crippen LogP) is -1.18. The maximum absolute atomic E-state index is 12.2. The number of aliphatic imine (C=N–C) groups is 1. The van der Waals surface area contributed by atoms with Crippen LogP contribution in [0.5, 0.6) is 0 Å². The van der Waals surface area contributed by atoms with Crippen LogP contribution >= 0.6 is 0 Å². The predicted molar refractivity (Wildman–Crippen MR) is 88.2 cm³/mol. The van der Waals surface area contributed by atoms with Crippen molar-refractivity contribution in [3.05, 3.63) is 35.9 Å². The first-order valence-corrected chi connectivity index (χ1v) is 7.21. The molecule has 0 aliphatic rings. The summed E-state index contributed by atoms with van der Waals surface area (Å²) < 4.78 is 0. The van der Waals surface area contributed by atoms with Gasteiger partial charge in [0.05, 0.1) is 6.54 Å². The van der Waals surface area contributed by atoms with Gasteiger partial charge >= 0.3 is 5.97 Å². The number of nitrogens with one attached hydrogen (secondary N) is 1. The number of hydrogen-bond donors (Lipinski definition) is 5. The summed E-state index contributed by atoms with van der Waals surface area (Å²) in [4.78, 5) is 39.1. The van der Waals surface area contributed by atoms with Gasteiger partial charge in [0.1, 0.15) is 0 Å². The van der Waals surface area contributed by atoms with Crippen LogP contribution in [0.1, 0.15) is 23.2 Å². The molecule has 1 aromatic carbocycles. The lowest BCUT2D eigenvalue weighted by Gasteiger charge is -2.23. The zero-order chi connectivity index (χ0) is 18.2. The van der Waals surface area contributed by atoms with Gasteiger partial charge in [0.15, 0.2) is 17.3 Å². The maximum atomic E-state index is 12.2. The van der Waals surface area contributed by atoms with Gasteiger partial charge in [-0.3, -0.25) is 14.6 Å². The molecule has 0 heterocycles. The van der Waals surface area contributed by atoms with Crippen LogP contribution in [-0.2, 0) is 9.59 Å². The molecule has 0 saturated heterocycles. The standard InChI is InChI=1S/C15H21N5O4/c16-14(17)19-8-4-7-15(18,13(23)24)11(21)9-20-12(22)10-5-2-1-3-6-10/h1-3,5-6H,4,7-9,18H2,(H,20,22)(H,23,24)(H4,16,17,19)/t15-/m1/s1. The van der Waals surface area contributed by atoms with Gasteiger partial charge in [-0.15, -0.1) is 0 Å². The van der Waals surface area contributed by atoms with Crippen molar-refractivity contribution in [3.63, 3.8) is 0 Å². The van der Waals surface area contributed by atoms with Crippen LogP contribution in [0.2, 0.25) is 0 Å². The summed E-state index contributed by atoms with van der Waals surface area (Å²) in [5.41, 5.74) is 14.3. The zero-order valence-corrected chi connectivity index (χ0v) is 13.1. The van der Waals surface area contributed by atoms with E-state index in [-0.39, 0.29) is 25.3 Å². The Morgan fingerprint density at radius 1 is 1.17 bits per heavy atom. The van der Waals surface area contributed by atoms with Gasteiger partial charge in [0.25, 0.3) is 5.91 Å².